The van der Waals surface area contributed by atoms with Crippen molar-refractivity contribution in [2.45, 2.75) is 6.92 Å². The van der Waals surface area contributed by atoms with Crippen LogP contribution in [0.5, 0.6) is 0 Å². The Morgan fingerprint density at radius 1 is 1.04 bits per heavy atom. The smallest absolute Gasteiger partial charge is 0.348 e. The van der Waals surface area contributed by atoms with E-state index >= 15 is 0 Å². The number of aromatic carboxylic acids is 1. The van der Waals surface area contributed by atoms with Gasteiger partial charge < -0.3 is 5.11 Å². The molecular weight excluding hydrogens is 306 g/mol. The third-order valence-electron chi connectivity index (χ3n) is 3.46. The maximum atomic E-state index is 11.5. The number of aryl methyl sites for hydroxylation is 1. The fraction of sp³-hybridized carbons (Fsp3) is 0.0526. The van der Waals surface area contributed by atoms with Crippen LogP contribution in [0.3, 0.4) is 0 Å². The summed E-state index contributed by atoms with van der Waals surface area (Å²) in [6.07, 6.45) is 3.64. The van der Waals surface area contributed by atoms with E-state index in [9.17, 15) is 9.90 Å². The maximum Gasteiger partial charge on any atom is 0.348 e. The van der Waals surface area contributed by atoms with Crippen molar-refractivity contribution in [2.75, 3.05) is 0 Å². The number of thiazole rings is 1. The summed E-state index contributed by atoms with van der Waals surface area (Å²) in [6.45, 7) is 2.00. The van der Waals surface area contributed by atoms with Gasteiger partial charge in [0.2, 0.25) is 0 Å². The molecular formula is C19H15NO2S. The molecule has 0 saturated carbocycles. The van der Waals surface area contributed by atoms with Crippen molar-refractivity contribution in [3.8, 4) is 10.6 Å². The molecule has 1 N–H and O–H groups in total. The Morgan fingerprint density at radius 3 is 2.43 bits per heavy atom. The van der Waals surface area contributed by atoms with Gasteiger partial charge in [-0.05, 0) is 24.1 Å². The highest BCUT2D eigenvalue weighted by atomic mass is 32.1. The van der Waals surface area contributed by atoms with Crippen molar-refractivity contribution < 1.29 is 9.90 Å². The molecule has 0 amide bonds. The molecule has 23 heavy (non-hydrogen) atoms. The van der Waals surface area contributed by atoms with E-state index in [1.807, 2.05) is 67.6 Å². The van der Waals surface area contributed by atoms with E-state index in [-0.39, 0.29) is 4.88 Å². The maximum absolute atomic E-state index is 11.5. The molecule has 1 heterocycles. The summed E-state index contributed by atoms with van der Waals surface area (Å²) in [5.41, 5.74) is 3.55. The van der Waals surface area contributed by atoms with Crippen LogP contribution in [-0.4, -0.2) is 16.1 Å². The van der Waals surface area contributed by atoms with Crippen LogP contribution in [0.1, 0.15) is 26.5 Å². The van der Waals surface area contributed by atoms with Crippen molar-refractivity contribution in [1.82, 2.24) is 4.98 Å². The highest BCUT2D eigenvalue weighted by Crippen LogP contribution is 2.31. The van der Waals surface area contributed by atoms with Gasteiger partial charge in [-0.25, -0.2) is 9.78 Å². The van der Waals surface area contributed by atoms with Gasteiger partial charge in [0.05, 0.1) is 5.69 Å². The second-order valence-corrected chi connectivity index (χ2v) is 6.10. The predicted molar refractivity (Wildman–Crippen MR) is 94.6 cm³/mol. The number of hydrogen-bond acceptors (Lipinski definition) is 3. The number of carboxylic acid groups (broad SMARTS) is 1. The van der Waals surface area contributed by atoms with E-state index in [1.165, 1.54) is 11.3 Å². The number of carboxylic acids is 1. The van der Waals surface area contributed by atoms with Gasteiger partial charge in [-0.1, -0.05) is 60.7 Å². The highest BCUT2D eigenvalue weighted by molar-refractivity contribution is 7.17. The van der Waals surface area contributed by atoms with E-state index in [0.29, 0.717) is 5.69 Å². The lowest BCUT2D eigenvalue weighted by molar-refractivity contribution is 0.0701. The van der Waals surface area contributed by atoms with Gasteiger partial charge in [0.15, 0.2) is 0 Å². The van der Waals surface area contributed by atoms with E-state index in [4.69, 9.17) is 0 Å². The number of aromatic nitrogens is 1. The molecule has 0 aliphatic rings. The van der Waals surface area contributed by atoms with Gasteiger partial charge in [0.25, 0.3) is 0 Å². The van der Waals surface area contributed by atoms with Gasteiger partial charge in [-0.2, -0.15) is 0 Å². The zero-order chi connectivity index (χ0) is 16.2. The topological polar surface area (TPSA) is 50.2 Å². The summed E-state index contributed by atoms with van der Waals surface area (Å²) in [5, 5.41) is 10.2. The van der Waals surface area contributed by atoms with Gasteiger partial charge >= 0.3 is 5.97 Å². The Bertz CT molecular complexity index is 866. The monoisotopic (exact) mass is 321 g/mol. The predicted octanol–water partition coefficient (Wildman–Crippen LogP) is 4.99. The molecule has 3 aromatic rings. The van der Waals surface area contributed by atoms with Crippen LogP contribution in [0.2, 0.25) is 0 Å². The number of benzene rings is 2. The molecule has 0 atom stereocenters. The van der Waals surface area contributed by atoms with E-state index in [2.05, 4.69) is 4.98 Å². The molecule has 114 valence electrons. The Morgan fingerprint density at radius 2 is 1.74 bits per heavy atom. The normalized spacial score (nSPS) is 11.0. The van der Waals surface area contributed by atoms with Crippen LogP contribution >= 0.6 is 11.3 Å². The Balaban J connectivity index is 2.02. The summed E-state index contributed by atoms with van der Waals surface area (Å²) in [5.74, 6) is -0.949. The van der Waals surface area contributed by atoms with Crippen molar-refractivity contribution in [3.05, 3.63) is 76.3 Å². The van der Waals surface area contributed by atoms with Crippen LogP contribution in [0, 0.1) is 6.92 Å². The number of hydrogen-bond donors (Lipinski definition) is 1. The molecule has 3 nitrogen and oxygen atoms in total. The summed E-state index contributed by atoms with van der Waals surface area (Å²) in [6, 6.07) is 17.6. The van der Waals surface area contributed by atoms with Crippen molar-refractivity contribution in [1.29, 1.82) is 0 Å². The van der Waals surface area contributed by atoms with Crippen LogP contribution < -0.4 is 0 Å². The Labute approximate surface area is 138 Å². The van der Waals surface area contributed by atoms with Crippen molar-refractivity contribution >= 4 is 29.5 Å². The molecule has 0 unspecified atom stereocenters. The second-order valence-electron chi connectivity index (χ2n) is 5.10. The molecule has 0 spiro atoms. The van der Waals surface area contributed by atoms with E-state index < -0.39 is 5.97 Å². The first-order chi connectivity index (χ1) is 11.1. The van der Waals surface area contributed by atoms with Gasteiger partial charge in [0, 0.05) is 5.56 Å². The molecule has 0 aliphatic carbocycles. The average molecular weight is 321 g/mol. The molecule has 0 fully saturated rings. The summed E-state index contributed by atoms with van der Waals surface area (Å²) in [7, 11) is 0. The first-order valence-corrected chi connectivity index (χ1v) is 8.00. The molecule has 0 bridgehead atoms. The third-order valence-corrected chi connectivity index (χ3v) is 4.55. The minimum absolute atomic E-state index is 0.260. The third kappa shape index (κ3) is 3.38. The molecule has 0 aliphatic heterocycles. The Kier molecular flexibility index (Phi) is 4.35. The molecule has 1 aromatic heterocycles. The van der Waals surface area contributed by atoms with Crippen molar-refractivity contribution in [3.63, 3.8) is 0 Å². The fourth-order valence-electron chi connectivity index (χ4n) is 2.27. The van der Waals surface area contributed by atoms with Gasteiger partial charge in [-0.15, -0.1) is 11.3 Å². The zero-order valence-electron chi connectivity index (χ0n) is 12.6. The SMILES string of the molecule is Cc1ccccc1-c1nc(/C=C/c2ccccc2)c(C(=O)O)s1. The molecule has 0 saturated heterocycles. The molecule has 3 rings (SSSR count). The average Bonchev–Trinajstić information content (AvgIpc) is 2.99. The van der Waals surface area contributed by atoms with Crippen LogP contribution in [0.25, 0.3) is 22.7 Å². The number of carbonyl (C=O) groups is 1. The van der Waals surface area contributed by atoms with Crippen LogP contribution in [0.4, 0.5) is 0 Å². The Hall–Kier alpha value is -2.72. The largest absolute Gasteiger partial charge is 0.477 e. The quantitative estimate of drug-likeness (QED) is 0.736. The van der Waals surface area contributed by atoms with Crippen LogP contribution in [-0.2, 0) is 0 Å². The number of rotatable bonds is 4. The van der Waals surface area contributed by atoms with Gasteiger partial charge in [-0.3, -0.25) is 0 Å². The second kappa shape index (κ2) is 6.58. The first kappa shape index (κ1) is 15.2. The standard InChI is InChI=1S/C19H15NO2S/c1-13-7-5-6-10-15(13)18-20-16(17(23-18)19(21)22)12-11-14-8-3-2-4-9-14/h2-12H,1H3,(H,21,22)/b12-11+. The van der Waals surface area contributed by atoms with E-state index in [0.717, 1.165) is 21.7 Å². The number of nitrogens with zero attached hydrogens (tertiary/aromatic N) is 1. The first-order valence-electron chi connectivity index (χ1n) is 7.18. The summed E-state index contributed by atoms with van der Waals surface area (Å²) in [4.78, 5) is 16.3. The fourth-order valence-corrected chi connectivity index (χ4v) is 3.25. The molecule has 2 aromatic carbocycles. The lowest BCUT2D eigenvalue weighted by Gasteiger charge is -1.99. The highest BCUT2D eigenvalue weighted by Gasteiger charge is 2.17. The van der Waals surface area contributed by atoms with Gasteiger partial charge in [0.1, 0.15) is 9.88 Å². The zero-order valence-corrected chi connectivity index (χ0v) is 13.4. The van der Waals surface area contributed by atoms with E-state index in [1.54, 1.807) is 6.08 Å². The molecule has 0 radical (unpaired) electrons. The van der Waals surface area contributed by atoms with Crippen molar-refractivity contribution in [2.24, 2.45) is 0 Å². The lowest BCUT2D eigenvalue weighted by atomic mass is 10.1. The lowest BCUT2D eigenvalue weighted by Crippen LogP contribution is -1.94. The summed E-state index contributed by atoms with van der Waals surface area (Å²) >= 11 is 1.21. The minimum Gasteiger partial charge on any atom is -0.477 e. The van der Waals surface area contributed by atoms with Crippen LogP contribution in [0.15, 0.2) is 54.6 Å². The summed E-state index contributed by atoms with van der Waals surface area (Å²) < 4.78 is 0. The molecule has 4 heteroatoms. The minimum atomic E-state index is -0.949.